The fourth-order valence-electron chi connectivity index (χ4n) is 3.49. The summed E-state index contributed by atoms with van der Waals surface area (Å²) in [6.45, 7) is 0. The maximum Gasteiger partial charge on any atom is 0.279 e. The average molecular weight is 318 g/mol. The van der Waals surface area contributed by atoms with Crippen LogP contribution in [0.25, 0.3) is 0 Å². The quantitative estimate of drug-likeness (QED) is 0.751. The Hall–Kier alpha value is -2.08. The summed E-state index contributed by atoms with van der Waals surface area (Å²) in [6, 6.07) is 7.53. The van der Waals surface area contributed by atoms with Crippen molar-refractivity contribution in [1.82, 2.24) is 5.32 Å². The minimum absolute atomic E-state index is 0.0157. The van der Waals surface area contributed by atoms with Crippen LogP contribution in [0.4, 0.5) is 5.69 Å². The lowest BCUT2D eigenvalue weighted by atomic mass is 9.87. The number of methoxy groups -OCH3 is 1. The molecule has 1 aliphatic heterocycles. The van der Waals surface area contributed by atoms with Crippen molar-refractivity contribution >= 4 is 17.5 Å². The first-order chi connectivity index (χ1) is 11.2. The molecule has 4 N–H and O–H groups in total. The molecular formula is C17H24N3O3+. The average Bonchev–Trinajstić information content (AvgIpc) is 2.56. The highest BCUT2D eigenvalue weighted by Gasteiger charge is 2.40. The molecule has 6 nitrogen and oxygen atoms in total. The van der Waals surface area contributed by atoms with Crippen molar-refractivity contribution in [3.63, 3.8) is 0 Å². The largest absolute Gasteiger partial charge is 0.497 e. The number of ether oxygens (including phenoxy) is 1. The van der Waals surface area contributed by atoms with Gasteiger partial charge in [-0.05, 0) is 37.1 Å². The van der Waals surface area contributed by atoms with E-state index >= 15 is 0 Å². The number of quaternary nitrogens is 1. The number of hydrogen-bond donors (Lipinski definition) is 3. The number of nitrogens with two attached hydrogens (primary N) is 1. The maximum absolute atomic E-state index is 12.2. The molecule has 2 fully saturated rings. The third-order valence-corrected chi connectivity index (χ3v) is 4.74. The van der Waals surface area contributed by atoms with Crippen LogP contribution in [-0.4, -0.2) is 37.0 Å². The van der Waals surface area contributed by atoms with Crippen LogP contribution in [0.5, 0.6) is 5.75 Å². The molecule has 1 saturated heterocycles. The van der Waals surface area contributed by atoms with Crippen molar-refractivity contribution in [2.24, 2.45) is 0 Å². The van der Waals surface area contributed by atoms with E-state index in [2.05, 4.69) is 16.0 Å². The van der Waals surface area contributed by atoms with Crippen LogP contribution >= 0.6 is 0 Å². The molecule has 2 amide bonds. The van der Waals surface area contributed by atoms with Crippen molar-refractivity contribution in [3.05, 3.63) is 24.3 Å². The van der Waals surface area contributed by atoms with E-state index in [1.807, 2.05) is 0 Å². The molecule has 0 spiro atoms. The van der Waals surface area contributed by atoms with Crippen LogP contribution in [-0.2, 0) is 9.59 Å². The van der Waals surface area contributed by atoms with Crippen LogP contribution < -0.4 is 20.7 Å². The Morgan fingerprint density at radius 3 is 2.78 bits per heavy atom. The highest BCUT2D eigenvalue weighted by atomic mass is 16.5. The van der Waals surface area contributed by atoms with Crippen LogP contribution in [0.1, 0.15) is 32.1 Å². The van der Waals surface area contributed by atoms with E-state index in [9.17, 15) is 9.59 Å². The molecule has 1 aliphatic carbocycles. The summed E-state index contributed by atoms with van der Waals surface area (Å²) < 4.78 is 5.09. The van der Waals surface area contributed by atoms with Gasteiger partial charge < -0.3 is 20.7 Å². The second kappa shape index (κ2) is 7.00. The molecule has 124 valence electrons. The highest BCUT2D eigenvalue weighted by Crippen LogP contribution is 2.19. The Morgan fingerprint density at radius 2 is 2.04 bits per heavy atom. The molecule has 6 heteroatoms. The fourth-order valence-corrected chi connectivity index (χ4v) is 3.49. The topological polar surface area (TPSA) is 84.0 Å². The molecule has 1 heterocycles. The Morgan fingerprint density at radius 1 is 1.30 bits per heavy atom. The summed E-state index contributed by atoms with van der Waals surface area (Å²) in [5, 5.41) is 8.02. The Kier molecular flexibility index (Phi) is 4.81. The van der Waals surface area contributed by atoms with Crippen molar-refractivity contribution in [2.75, 3.05) is 12.4 Å². The van der Waals surface area contributed by atoms with Gasteiger partial charge in [0.1, 0.15) is 11.8 Å². The molecule has 1 saturated carbocycles. The van der Waals surface area contributed by atoms with Gasteiger partial charge in [0.15, 0.2) is 6.04 Å². The zero-order chi connectivity index (χ0) is 16.2. The SMILES string of the molecule is COc1ccc(NC(=O)C[C@H]2[NH2+][C@@H]3CCCC[C@@H]3NC2=O)cc1. The first-order valence-electron chi connectivity index (χ1n) is 8.25. The Balaban J connectivity index is 1.55. The third-order valence-electron chi connectivity index (χ3n) is 4.74. The molecular weight excluding hydrogens is 294 g/mol. The van der Waals surface area contributed by atoms with E-state index in [1.165, 1.54) is 12.8 Å². The van der Waals surface area contributed by atoms with Gasteiger partial charge in [-0.25, -0.2) is 0 Å². The number of rotatable bonds is 4. The van der Waals surface area contributed by atoms with Gasteiger partial charge in [0.2, 0.25) is 5.91 Å². The highest BCUT2D eigenvalue weighted by molar-refractivity contribution is 5.95. The van der Waals surface area contributed by atoms with Crippen molar-refractivity contribution in [2.45, 2.75) is 50.2 Å². The van der Waals surface area contributed by atoms with Gasteiger partial charge in [-0.3, -0.25) is 9.59 Å². The summed E-state index contributed by atoms with van der Waals surface area (Å²) in [7, 11) is 1.60. The number of nitrogens with one attached hydrogen (secondary N) is 2. The Bertz CT molecular complexity index is 573. The number of piperazine rings is 1. The maximum atomic E-state index is 12.2. The second-order valence-corrected chi connectivity index (χ2v) is 6.34. The standard InChI is InChI=1S/C17H23N3O3/c1-23-12-8-6-11(7-9-12)18-16(21)10-15-17(22)20-14-5-3-2-4-13(14)19-15/h6-9,13-15,19H,2-5,10H2,1H3,(H,18,21)(H,20,22)/p+1/t13-,14+,15-/m1/s1. The molecule has 23 heavy (non-hydrogen) atoms. The number of carbonyl (C=O) groups excluding carboxylic acids is 2. The van der Waals surface area contributed by atoms with Crippen LogP contribution in [0.3, 0.4) is 0 Å². The number of carbonyl (C=O) groups is 2. The lowest BCUT2D eigenvalue weighted by Gasteiger charge is -2.37. The molecule has 3 atom stereocenters. The molecule has 3 rings (SSSR count). The zero-order valence-electron chi connectivity index (χ0n) is 13.4. The number of amides is 2. The van der Waals surface area contributed by atoms with Gasteiger partial charge in [0.05, 0.1) is 19.6 Å². The molecule has 0 aromatic heterocycles. The van der Waals surface area contributed by atoms with Gasteiger partial charge in [0.25, 0.3) is 5.91 Å². The predicted molar refractivity (Wildman–Crippen MR) is 86.1 cm³/mol. The van der Waals surface area contributed by atoms with Gasteiger partial charge in [0, 0.05) is 12.1 Å². The zero-order valence-corrected chi connectivity index (χ0v) is 13.4. The van der Waals surface area contributed by atoms with Gasteiger partial charge in [-0.2, -0.15) is 0 Å². The minimum atomic E-state index is -0.326. The number of fused-ring (bicyclic) bond motifs is 1. The van der Waals surface area contributed by atoms with E-state index < -0.39 is 0 Å². The summed E-state index contributed by atoms with van der Waals surface area (Å²) >= 11 is 0. The van der Waals surface area contributed by atoms with Gasteiger partial charge in [-0.15, -0.1) is 0 Å². The van der Waals surface area contributed by atoms with Crippen molar-refractivity contribution in [3.8, 4) is 5.75 Å². The lowest BCUT2D eigenvalue weighted by Crippen LogP contribution is -3.03. The summed E-state index contributed by atoms with van der Waals surface area (Å²) in [4.78, 5) is 24.4. The van der Waals surface area contributed by atoms with Gasteiger partial charge >= 0.3 is 0 Å². The smallest absolute Gasteiger partial charge is 0.279 e. The van der Waals surface area contributed by atoms with E-state index in [4.69, 9.17) is 4.74 Å². The van der Waals surface area contributed by atoms with Crippen molar-refractivity contribution < 1.29 is 19.6 Å². The number of anilines is 1. The van der Waals surface area contributed by atoms with E-state index in [1.54, 1.807) is 31.4 Å². The van der Waals surface area contributed by atoms with Crippen LogP contribution in [0, 0.1) is 0 Å². The van der Waals surface area contributed by atoms with Gasteiger partial charge in [-0.1, -0.05) is 6.42 Å². The minimum Gasteiger partial charge on any atom is -0.497 e. The van der Waals surface area contributed by atoms with E-state index in [-0.39, 0.29) is 30.3 Å². The summed E-state index contributed by atoms with van der Waals surface area (Å²) in [5.41, 5.74) is 0.711. The molecule has 1 aromatic carbocycles. The normalized spacial score (nSPS) is 26.8. The van der Waals surface area contributed by atoms with E-state index in [0.717, 1.165) is 18.6 Å². The lowest BCUT2D eigenvalue weighted by molar-refractivity contribution is -0.718. The molecule has 0 radical (unpaired) electrons. The van der Waals surface area contributed by atoms with Crippen LogP contribution in [0.15, 0.2) is 24.3 Å². The molecule has 0 bridgehead atoms. The summed E-state index contributed by atoms with van der Waals surface area (Å²) in [5.74, 6) is 0.588. The molecule has 0 unspecified atom stereocenters. The first kappa shape index (κ1) is 15.8. The monoisotopic (exact) mass is 318 g/mol. The number of hydrogen-bond acceptors (Lipinski definition) is 3. The fraction of sp³-hybridized carbons (Fsp3) is 0.529. The third kappa shape index (κ3) is 3.82. The Labute approximate surface area is 136 Å². The van der Waals surface area contributed by atoms with Crippen LogP contribution in [0.2, 0.25) is 0 Å². The predicted octanol–water partition coefficient (Wildman–Crippen LogP) is 0.397. The molecule has 2 aliphatic rings. The summed E-state index contributed by atoms with van der Waals surface area (Å²) in [6.07, 6.45) is 4.75. The van der Waals surface area contributed by atoms with Crippen molar-refractivity contribution in [1.29, 1.82) is 0 Å². The second-order valence-electron chi connectivity index (χ2n) is 6.34. The molecule has 1 aromatic rings. The van der Waals surface area contributed by atoms with E-state index in [0.29, 0.717) is 11.7 Å². The first-order valence-corrected chi connectivity index (χ1v) is 8.25. The number of benzene rings is 1.